The lowest BCUT2D eigenvalue weighted by molar-refractivity contribution is -0.117. The Morgan fingerprint density at radius 3 is 2.52 bits per heavy atom. The van der Waals surface area contributed by atoms with Crippen molar-refractivity contribution in [2.75, 3.05) is 41.3 Å². The lowest BCUT2D eigenvalue weighted by Crippen LogP contribution is -2.27. The number of nitrogens with one attached hydrogen (secondary N) is 1. The number of fused-ring (bicyclic) bond motifs is 3. The van der Waals surface area contributed by atoms with Crippen molar-refractivity contribution in [3.63, 3.8) is 0 Å². The number of amides is 1. The highest BCUT2D eigenvalue weighted by atomic mass is 32.2. The molecule has 0 fully saturated rings. The molecule has 176 valence electrons. The second-order valence-electron chi connectivity index (χ2n) is 7.42. The van der Waals surface area contributed by atoms with Crippen LogP contribution in [0.4, 0.5) is 0 Å². The molecule has 0 heterocycles. The fourth-order valence-corrected chi connectivity index (χ4v) is 4.55. The van der Waals surface area contributed by atoms with Crippen LogP contribution in [0.25, 0.3) is 11.1 Å². The molecule has 1 atom stereocenters. The van der Waals surface area contributed by atoms with E-state index in [1.807, 2.05) is 24.5 Å². The molecule has 0 aromatic heterocycles. The number of carbonyl (C=O) groups excluding carboxylic acids is 1. The van der Waals surface area contributed by atoms with Gasteiger partial charge in [-0.25, -0.2) is 0 Å². The fraction of sp³-hybridized carbons (Fsp3) is 0.360. The molecule has 0 spiro atoms. The summed E-state index contributed by atoms with van der Waals surface area (Å²) in [5.74, 6) is 1.33. The van der Waals surface area contributed by atoms with Crippen LogP contribution in [-0.2, 0) is 16.0 Å². The zero-order valence-electron chi connectivity index (χ0n) is 19.5. The van der Waals surface area contributed by atoms with E-state index >= 15 is 0 Å². The molecule has 33 heavy (non-hydrogen) atoms. The summed E-state index contributed by atoms with van der Waals surface area (Å²) in [5.41, 5.74) is 3.27. The van der Waals surface area contributed by atoms with Crippen molar-refractivity contribution >= 4 is 17.7 Å². The minimum absolute atomic E-state index is 0.0965. The number of methoxy groups -OCH3 is 4. The number of hydrogen-bond donors (Lipinski definition) is 1. The molecule has 7 nitrogen and oxygen atoms in total. The van der Waals surface area contributed by atoms with Gasteiger partial charge in [-0.15, -0.1) is 11.8 Å². The predicted molar refractivity (Wildman–Crippen MR) is 130 cm³/mol. The molecule has 0 unspecified atom stereocenters. The van der Waals surface area contributed by atoms with Gasteiger partial charge < -0.3 is 24.3 Å². The van der Waals surface area contributed by atoms with Crippen LogP contribution < -0.4 is 25.0 Å². The van der Waals surface area contributed by atoms with Gasteiger partial charge in [-0.05, 0) is 54.0 Å². The van der Waals surface area contributed by atoms with Gasteiger partial charge in [0, 0.05) is 18.7 Å². The molecule has 0 saturated heterocycles. The Labute approximate surface area is 198 Å². The number of hydrogen-bond acceptors (Lipinski definition) is 7. The molecule has 0 bridgehead atoms. The first-order valence-corrected chi connectivity index (χ1v) is 11.7. The van der Waals surface area contributed by atoms with Crippen molar-refractivity contribution in [2.24, 2.45) is 0 Å². The summed E-state index contributed by atoms with van der Waals surface area (Å²) in [6.07, 6.45) is 6.20. The Kier molecular flexibility index (Phi) is 8.41. The molecule has 1 N–H and O–H groups in total. The van der Waals surface area contributed by atoms with Crippen LogP contribution in [0.15, 0.2) is 46.1 Å². The summed E-state index contributed by atoms with van der Waals surface area (Å²) in [4.78, 5) is 26.1. The van der Waals surface area contributed by atoms with Crippen LogP contribution in [0.3, 0.4) is 0 Å². The van der Waals surface area contributed by atoms with E-state index in [0.717, 1.165) is 22.3 Å². The zero-order valence-corrected chi connectivity index (χ0v) is 20.3. The molecular formula is C25H29NO6S. The first kappa shape index (κ1) is 24.7. The van der Waals surface area contributed by atoms with E-state index in [-0.39, 0.29) is 17.4 Å². The summed E-state index contributed by atoms with van der Waals surface area (Å²) in [7, 11) is 6.29. The summed E-state index contributed by atoms with van der Waals surface area (Å²) >= 11 is 1.39. The van der Waals surface area contributed by atoms with Crippen molar-refractivity contribution in [2.45, 2.75) is 23.8 Å². The minimum atomic E-state index is -0.372. The maximum Gasteiger partial charge on any atom is 0.244 e. The second kappa shape index (κ2) is 11.2. The molecule has 1 amide bonds. The van der Waals surface area contributed by atoms with E-state index < -0.39 is 0 Å². The molecule has 0 aliphatic heterocycles. The summed E-state index contributed by atoms with van der Waals surface area (Å²) in [5, 5.41) is 3.05. The number of ether oxygens (including phenoxy) is 4. The topological polar surface area (TPSA) is 83.1 Å². The number of benzene rings is 1. The maximum absolute atomic E-state index is 12.9. The first-order valence-electron chi connectivity index (χ1n) is 10.5. The number of aryl methyl sites for hydroxylation is 1. The van der Waals surface area contributed by atoms with E-state index in [2.05, 4.69) is 5.32 Å². The van der Waals surface area contributed by atoms with E-state index in [0.29, 0.717) is 41.6 Å². The highest BCUT2D eigenvalue weighted by molar-refractivity contribution is 7.98. The van der Waals surface area contributed by atoms with Crippen LogP contribution in [0.2, 0.25) is 0 Å². The third kappa shape index (κ3) is 5.17. The fourth-order valence-electron chi connectivity index (χ4n) is 4.09. The third-order valence-corrected chi connectivity index (χ3v) is 6.35. The van der Waals surface area contributed by atoms with Crippen LogP contribution in [0.1, 0.15) is 23.6 Å². The minimum Gasteiger partial charge on any atom is -0.493 e. The molecule has 0 radical (unpaired) electrons. The van der Waals surface area contributed by atoms with Gasteiger partial charge in [-0.2, -0.15) is 0 Å². The Bertz CT molecular complexity index is 1110. The Hall–Kier alpha value is -2.97. The van der Waals surface area contributed by atoms with Crippen molar-refractivity contribution < 1.29 is 23.7 Å². The molecule has 3 rings (SSSR count). The summed E-state index contributed by atoms with van der Waals surface area (Å²) in [6, 6.07) is 6.92. The van der Waals surface area contributed by atoms with Crippen LogP contribution in [0, 0.1) is 0 Å². The average Bonchev–Trinajstić information content (AvgIpc) is 3.06. The molecule has 2 aromatic carbocycles. The molecular weight excluding hydrogens is 442 g/mol. The zero-order chi connectivity index (χ0) is 24.0. The first-order chi connectivity index (χ1) is 16.0. The maximum atomic E-state index is 12.9. The Morgan fingerprint density at radius 2 is 1.88 bits per heavy atom. The second-order valence-corrected chi connectivity index (χ2v) is 8.26. The van der Waals surface area contributed by atoms with E-state index in [1.165, 1.54) is 17.8 Å². The predicted octanol–water partition coefficient (Wildman–Crippen LogP) is 3.77. The van der Waals surface area contributed by atoms with Crippen LogP contribution in [-0.4, -0.2) is 47.2 Å². The van der Waals surface area contributed by atoms with Gasteiger partial charge in [0.15, 0.2) is 16.9 Å². The number of thioether (sulfide) groups is 1. The lowest BCUT2D eigenvalue weighted by Gasteiger charge is -2.19. The lowest BCUT2D eigenvalue weighted by atomic mass is 9.95. The molecule has 8 heteroatoms. The number of rotatable bonds is 8. The molecule has 2 aromatic rings. The highest BCUT2D eigenvalue weighted by Gasteiger charge is 2.29. The van der Waals surface area contributed by atoms with Gasteiger partial charge in [0.05, 0.1) is 38.9 Å². The van der Waals surface area contributed by atoms with Crippen molar-refractivity contribution in [3.05, 3.63) is 57.8 Å². The van der Waals surface area contributed by atoms with Gasteiger partial charge in [0.1, 0.15) is 0 Å². The van der Waals surface area contributed by atoms with Gasteiger partial charge in [-0.3, -0.25) is 9.59 Å². The monoisotopic (exact) mass is 471 g/mol. The van der Waals surface area contributed by atoms with Gasteiger partial charge in [0.25, 0.3) is 0 Å². The van der Waals surface area contributed by atoms with Crippen LogP contribution >= 0.6 is 11.8 Å². The largest absolute Gasteiger partial charge is 0.493 e. The molecule has 1 aliphatic rings. The standard InChI is InChI=1S/C25H29NO6S/c1-29-12-6-7-22(28)26-18-10-8-15-13-20(30-2)24(31-3)25(32-4)23(15)16-9-11-21(33-5)19(27)14-17(16)18/h6-7,9,11,13-14,18H,8,10,12H2,1-5H3,(H,26,28)/b7-6+/t18-/m0/s1. The molecule has 0 saturated carbocycles. The van der Waals surface area contributed by atoms with Crippen molar-refractivity contribution in [3.8, 4) is 28.4 Å². The normalized spacial score (nSPS) is 14.8. The van der Waals surface area contributed by atoms with E-state index in [9.17, 15) is 9.59 Å². The van der Waals surface area contributed by atoms with Crippen LogP contribution in [0.5, 0.6) is 17.2 Å². The smallest absolute Gasteiger partial charge is 0.244 e. The van der Waals surface area contributed by atoms with Gasteiger partial charge in [0.2, 0.25) is 11.7 Å². The molecule has 1 aliphatic carbocycles. The number of carbonyl (C=O) groups is 1. The summed E-state index contributed by atoms with van der Waals surface area (Å²) < 4.78 is 21.9. The summed E-state index contributed by atoms with van der Waals surface area (Å²) in [6.45, 7) is 0.341. The van der Waals surface area contributed by atoms with Crippen molar-refractivity contribution in [1.82, 2.24) is 5.32 Å². The Morgan fingerprint density at radius 1 is 1.12 bits per heavy atom. The Balaban J connectivity index is 2.26. The van der Waals surface area contributed by atoms with Gasteiger partial charge >= 0.3 is 0 Å². The van der Waals surface area contributed by atoms with Gasteiger partial charge in [-0.1, -0.05) is 12.1 Å². The van der Waals surface area contributed by atoms with Crippen molar-refractivity contribution in [1.29, 1.82) is 0 Å². The quantitative estimate of drug-likeness (QED) is 0.464. The highest BCUT2D eigenvalue weighted by Crippen LogP contribution is 2.50. The average molecular weight is 472 g/mol. The third-order valence-electron chi connectivity index (χ3n) is 5.57. The SMILES string of the molecule is COC/C=C/C(=O)N[C@H]1CCc2cc(OC)c(OC)c(OC)c2-c2ccc(SC)c(=O)cc21. The van der Waals surface area contributed by atoms with E-state index in [4.69, 9.17) is 18.9 Å². The van der Waals surface area contributed by atoms with E-state index in [1.54, 1.807) is 40.6 Å².